The number of rotatable bonds is 10. The van der Waals surface area contributed by atoms with Gasteiger partial charge in [0.15, 0.2) is 9.84 Å². The zero-order valence-corrected chi connectivity index (χ0v) is 17.2. The van der Waals surface area contributed by atoms with Crippen molar-refractivity contribution in [2.45, 2.75) is 59.3 Å². The van der Waals surface area contributed by atoms with Gasteiger partial charge in [0, 0.05) is 6.20 Å². The zero-order chi connectivity index (χ0) is 19.1. The van der Waals surface area contributed by atoms with E-state index in [1.807, 2.05) is 6.20 Å². The highest BCUT2D eigenvalue weighted by atomic mass is 32.2. The third-order valence-electron chi connectivity index (χ3n) is 3.56. The fourth-order valence-corrected chi connectivity index (χ4v) is 2.98. The Morgan fingerprint density at radius 2 is 1.60 bits per heavy atom. The molecule has 0 aromatic carbocycles. The Bertz CT molecular complexity index is 613. The fraction of sp³-hybridized carbons (Fsp3) is 0.882. The van der Waals surface area contributed by atoms with E-state index in [4.69, 9.17) is 9.47 Å². The van der Waals surface area contributed by atoms with Crippen molar-refractivity contribution in [1.29, 1.82) is 0 Å². The van der Waals surface area contributed by atoms with Gasteiger partial charge in [0.25, 0.3) is 0 Å². The Hall–Kier alpha value is -0.990. The minimum atomic E-state index is -3.13. The quantitative estimate of drug-likeness (QED) is 0.583. The van der Waals surface area contributed by atoms with Gasteiger partial charge in [-0.3, -0.25) is 0 Å². The molecule has 1 aromatic rings. The molecule has 0 aliphatic carbocycles. The second kappa shape index (κ2) is 9.09. The maximum Gasteiger partial charge on any atom is 0.157 e. The SMILES string of the molecule is CC(C)(C)Cc1cn(CCOCCOCCS(=O)(=O)C(C)(C)C)nn1. The first kappa shape index (κ1) is 22.1. The number of aromatic nitrogens is 3. The lowest BCUT2D eigenvalue weighted by molar-refractivity contribution is 0.0491. The lowest BCUT2D eigenvalue weighted by Gasteiger charge is -2.18. The highest BCUT2D eigenvalue weighted by Gasteiger charge is 2.28. The summed E-state index contributed by atoms with van der Waals surface area (Å²) in [5, 5.41) is 8.25. The first-order chi connectivity index (χ1) is 11.4. The molecule has 0 aliphatic heterocycles. The van der Waals surface area contributed by atoms with Crippen LogP contribution in [0.25, 0.3) is 0 Å². The number of ether oxygens (including phenoxy) is 2. The molecule has 0 spiro atoms. The van der Waals surface area contributed by atoms with Crippen LogP contribution in [0.2, 0.25) is 0 Å². The summed E-state index contributed by atoms with van der Waals surface area (Å²) in [7, 11) is -3.13. The van der Waals surface area contributed by atoms with E-state index in [1.54, 1.807) is 25.5 Å². The first-order valence-electron chi connectivity index (χ1n) is 8.67. The number of nitrogens with zero attached hydrogens (tertiary/aromatic N) is 3. The molecule has 1 aromatic heterocycles. The molecule has 1 rings (SSSR count). The molecule has 0 saturated carbocycles. The van der Waals surface area contributed by atoms with E-state index in [-0.39, 0.29) is 17.8 Å². The third-order valence-corrected chi connectivity index (χ3v) is 6.13. The molecule has 0 atom stereocenters. The van der Waals surface area contributed by atoms with Crippen molar-refractivity contribution in [3.8, 4) is 0 Å². The molecule has 1 heterocycles. The molecular weight excluding hydrogens is 342 g/mol. The lowest BCUT2D eigenvalue weighted by Crippen LogP contribution is -2.32. The fourth-order valence-electron chi connectivity index (χ4n) is 2.03. The van der Waals surface area contributed by atoms with E-state index < -0.39 is 14.6 Å². The summed E-state index contributed by atoms with van der Waals surface area (Å²) in [5.41, 5.74) is 1.17. The average molecular weight is 376 g/mol. The van der Waals surface area contributed by atoms with Gasteiger partial charge in [0.2, 0.25) is 0 Å². The van der Waals surface area contributed by atoms with E-state index in [9.17, 15) is 8.42 Å². The van der Waals surface area contributed by atoms with Gasteiger partial charge in [-0.15, -0.1) is 5.10 Å². The predicted octanol–water partition coefficient (Wildman–Crippen LogP) is 2.11. The molecule has 7 nitrogen and oxygen atoms in total. The Kier molecular flexibility index (Phi) is 8.02. The normalized spacial score (nSPS) is 13.4. The van der Waals surface area contributed by atoms with Crippen molar-refractivity contribution in [3.63, 3.8) is 0 Å². The van der Waals surface area contributed by atoms with Crippen LogP contribution >= 0.6 is 0 Å². The van der Waals surface area contributed by atoms with Crippen LogP contribution in [0, 0.1) is 5.41 Å². The van der Waals surface area contributed by atoms with Crippen molar-refractivity contribution in [2.24, 2.45) is 5.41 Å². The Labute approximate surface area is 152 Å². The van der Waals surface area contributed by atoms with Crippen LogP contribution in [0.5, 0.6) is 0 Å². The second-order valence-corrected chi connectivity index (χ2v) is 11.2. The summed E-state index contributed by atoms with van der Waals surface area (Å²) in [6.07, 6.45) is 2.83. The van der Waals surface area contributed by atoms with Crippen molar-refractivity contribution < 1.29 is 17.9 Å². The Morgan fingerprint density at radius 3 is 2.16 bits per heavy atom. The van der Waals surface area contributed by atoms with Crippen molar-refractivity contribution in [1.82, 2.24) is 15.0 Å². The average Bonchev–Trinajstić information content (AvgIpc) is 2.85. The Balaban J connectivity index is 2.11. The van der Waals surface area contributed by atoms with E-state index in [0.717, 1.165) is 12.1 Å². The summed E-state index contributed by atoms with van der Waals surface area (Å²) in [5.74, 6) is 0.0337. The highest BCUT2D eigenvalue weighted by Crippen LogP contribution is 2.18. The van der Waals surface area contributed by atoms with Gasteiger partial charge in [0.05, 0.1) is 49.2 Å². The zero-order valence-electron chi connectivity index (χ0n) is 16.4. The highest BCUT2D eigenvalue weighted by molar-refractivity contribution is 7.92. The number of hydrogen-bond acceptors (Lipinski definition) is 6. The molecule has 8 heteroatoms. The minimum Gasteiger partial charge on any atom is -0.378 e. The van der Waals surface area contributed by atoms with Gasteiger partial charge in [0.1, 0.15) is 0 Å². The molecule has 0 radical (unpaired) electrons. The number of sulfone groups is 1. The second-order valence-electron chi connectivity index (χ2n) is 8.37. The lowest BCUT2D eigenvalue weighted by atomic mass is 9.91. The minimum absolute atomic E-state index is 0.0337. The molecule has 0 saturated heterocycles. The summed E-state index contributed by atoms with van der Waals surface area (Å²) >= 11 is 0. The summed E-state index contributed by atoms with van der Waals surface area (Å²) in [6.45, 7) is 13.8. The Morgan fingerprint density at radius 1 is 1.00 bits per heavy atom. The van der Waals surface area contributed by atoms with Gasteiger partial charge in [-0.25, -0.2) is 13.1 Å². The molecule has 146 valence electrons. The van der Waals surface area contributed by atoms with Crippen LogP contribution in [0.15, 0.2) is 6.20 Å². The van der Waals surface area contributed by atoms with E-state index in [1.165, 1.54) is 0 Å². The van der Waals surface area contributed by atoms with Gasteiger partial charge < -0.3 is 9.47 Å². The van der Waals surface area contributed by atoms with Crippen molar-refractivity contribution in [2.75, 3.05) is 32.2 Å². The topological polar surface area (TPSA) is 83.3 Å². The molecule has 0 aliphatic rings. The first-order valence-corrected chi connectivity index (χ1v) is 10.3. The third kappa shape index (κ3) is 8.78. The molecule has 25 heavy (non-hydrogen) atoms. The molecule has 0 amide bonds. The molecule has 0 unspecified atom stereocenters. The van der Waals surface area contributed by atoms with Crippen LogP contribution in [0.4, 0.5) is 0 Å². The van der Waals surface area contributed by atoms with E-state index in [0.29, 0.717) is 26.4 Å². The maximum absolute atomic E-state index is 11.9. The van der Waals surface area contributed by atoms with Crippen LogP contribution < -0.4 is 0 Å². The van der Waals surface area contributed by atoms with Gasteiger partial charge in [-0.05, 0) is 32.6 Å². The maximum atomic E-state index is 11.9. The van der Waals surface area contributed by atoms with Crippen molar-refractivity contribution >= 4 is 9.84 Å². The summed E-state index contributed by atoms with van der Waals surface area (Å²) < 4.78 is 35.7. The van der Waals surface area contributed by atoms with Crippen molar-refractivity contribution in [3.05, 3.63) is 11.9 Å². The van der Waals surface area contributed by atoms with Crippen LogP contribution in [0.3, 0.4) is 0 Å². The van der Waals surface area contributed by atoms with Crippen LogP contribution in [-0.4, -0.2) is 60.3 Å². The van der Waals surface area contributed by atoms with E-state index >= 15 is 0 Å². The predicted molar refractivity (Wildman–Crippen MR) is 98.4 cm³/mol. The smallest absolute Gasteiger partial charge is 0.157 e. The molecule has 0 N–H and O–H groups in total. The van der Waals surface area contributed by atoms with E-state index in [2.05, 4.69) is 31.1 Å². The number of hydrogen-bond donors (Lipinski definition) is 0. The monoisotopic (exact) mass is 375 g/mol. The van der Waals surface area contributed by atoms with Crippen LogP contribution in [0.1, 0.15) is 47.2 Å². The van der Waals surface area contributed by atoms with Gasteiger partial charge in [-0.2, -0.15) is 0 Å². The summed E-state index contributed by atoms with van der Waals surface area (Å²) in [6, 6.07) is 0. The molecular formula is C17H33N3O4S. The van der Waals surface area contributed by atoms with Gasteiger partial charge >= 0.3 is 0 Å². The molecule has 0 fully saturated rings. The largest absolute Gasteiger partial charge is 0.378 e. The molecule has 0 bridgehead atoms. The standard InChI is InChI=1S/C17H33N3O4S/c1-16(2,3)13-15-14-20(19-18-15)7-8-23-9-10-24-11-12-25(21,22)17(4,5)6/h14H,7-13H2,1-6H3. The van der Waals surface area contributed by atoms with Gasteiger partial charge in [-0.1, -0.05) is 26.0 Å². The summed E-state index contributed by atoms with van der Waals surface area (Å²) in [4.78, 5) is 0. The van der Waals surface area contributed by atoms with Crippen LogP contribution in [-0.2, 0) is 32.3 Å².